The number of ether oxygens (including phenoxy) is 3. The van der Waals surface area contributed by atoms with Gasteiger partial charge in [-0.05, 0) is 57.8 Å². The van der Waals surface area contributed by atoms with Crippen molar-refractivity contribution in [3.63, 3.8) is 0 Å². The van der Waals surface area contributed by atoms with Crippen LogP contribution in [-0.2, 0) is 23.8 Å². The maximum absolute atomic E-state index is 13.1. The number of allylic oxidation sites excluding steroid dienone is 3. The molecule has 11 nitrogen and oxygen atoms in total. The number of nitrogens with one attached hydrogen (secondary N) is 1. The molecule has 0 aromatic heterocycles. The summed E-state index contributed by atoms with van der Waals surface area (Å²) in [5, 5.41) is 54.5. The van der Waals surface area contributed by atoms with Gasteiger partial charge in [0, 0.05) is 12.8 Å². The van der Waals surface area contributed by atoms with E-state index in [0.29, 0.717) is 19.4 Å². The van der Waals surface area contributed by atoms with E-state index in [1.54, 1.807) is 6.08 Å². The van der Waals surface area contributed by atoms with Crippen molar-refractivity contribution in [1.29, 1.82) is 0 Å². The summed E-state index contributed by atoms with van der Waals surface area (Å²) in [5.41, 5.74) is 0. The van der Waals surface area contributed by atoms with Gasteiger partial charge in [-0.3, -0.25) is 9.59 Å². The van der Waals surface area contributed by atoms with Crippen LogP contribution in [-0.4, -0.2) is 100 Å². The predicted octanol–water partition coefficient (Wildman–Crippen LogP) is 21.1. The summed E-state index contributed by atoms with van der Waals surface area (Å²) in [7, 11) is 0. The van der Waals surface area contributed by atoms with E-state index in [1.165, 1.54) is 327 Å². The van der Waals surface area contributed by atoms with E-state index in [2.05, 4.69) is 31.3 Å². The lowest BCUT2D eigenvalue weighted by Crippen LogP contribution is -2.60. The molecular weight excluding hydrogens is 1120 g/mol. The number of amides is 1. The first kappa shape index (κ1) is 86.2. The summed E-state index contributed by atoms with van der Waals surface area (Å²) < 4.78 is 16.8. The third-order valence-electron chi connectivity index (χ3n) is 19.1. The van der Waals surface area contributed by atoms with Crippen molar-refractivity contribution in [2.45, 2.75) is 448 Å². The first-order valence-corrected chi connectivity index (χ1v) is 39.6. The van der Waals surface area contributed by atoms with Gasteiger partial charge >= 0.3 is 5.97 Å². The number of hydrogen-bond acceptors (Lipinski definition) is 10. The molecule has 0 aromatic carbocycles. The normalized spacial score (nSPS) is 17.7. The number of hydrogen-bond donors (Lipinski definition) is 6. The summed E-state index contributed by atoms with van der Waals surface area (Å²) in [4.78, 5) is 25.1. The van der Waals surface area contributed by atoms with Crippen LogP contribution in [0.4, 0.5) is 0 Å². The van der Waals surface area contributed by atoms with E-state index in [4.69, 9.17) is 14.2 Å². The Morgan fingerprint density at radius 2 is 0.711 bits per heavy atom. The molecule has 11 heteroatoms. The summed E-state index contributed by atoms with van der Waals surface area (Å²) in [5.74, 6) is -0.158. The Morgan fingerprint density at radius 1 is 0.400 bits per heavy atom. The molecule has 1 aliphatic rings. The maximum atomic E-state index is 13.1. The summed E-state index contributed by atoms with van der Waals surface area (Å²) in [6, 6.07) is -0.806. The molecule has 532 valence electrons. The van der Waals surface area contributed by atoms with Crippen LogP contribution in [0.25, 0.3) is 0 Å². The molecule has 1 rings (SSSR count). The zero-order valence-corrected chi connectivity index (χ0v) is 59.4. The Kier molecular flexibility index (Phi) is 65.6. The summed E-state index contributed by atoms with van der Waals surface area (Å²) in [6.45, 7) is 4.39. The topological polar surface area (TPSA) is 175 Å². The zero-order chi connectivity index (χ0) is 65.1. The molecule has 1 heterocycles. The van der Waals surface area contributed by atoms with Gasteiger partial charge in [-0.1, -0.05) is 359 Å². The van der Waals surface area contributed by atoms with Crippen LogP contribution in [0.15, 0.2) is 24.3 Å². The Balaban J connectivity index is 1.89. The number of esters is 1. The molecule has 0 aliphatic carbocycles. The molecule has 7 unspecified atom stereocenters. The van der Waals surface area contributed by atoms with Crippen LogP contribution in [0.2, 0.25) is 0 Å². The molecule has 0 aromatic rings. The third-order valence-corrected chi connectivity index (χ3v) is 19.1. The second-order valence-electron chi connectivity index (χ2n) is 27.8. The van der Waals surface area contributed by atoms with Crippen molar-refractivity contribution in [2.75, 3.05) is 19.8 Å². The molecule has 0 spiro atoms. The van der Waals surface area contributed by atoms with E-state index < -0.39 is 49.5 Å². The lowest BCUT2D eigenvalue weighted by molar-refractivity contribution is -0.302. The smallest absolute Gasteiger partial charge is 0.305 e. The van der Waals surface area contributed by atoms with Crippen LogP contribution in [0.3, 0.4) is 0 Å². The Hall–Kier alpha value is -1.86. The monoisotopic (exact) mass is 1270 g/mol. The second kappa shape index (κ2) is 68.5. The van der Waals surface area contributed by atoms with Gasteiger partial charge < -0.3 is 45.1 Å². The number of aliphatic hydroxyl groups excluding tert-OH is 5. The van der Waals surface area contributed by atoms with E-state index in [0.717, 1.165) is 51.4 Å². The van der Waals surface area contributed by atoms with Crippen molar-refractivity contribution in [2.24, 2.45) is 0 Å². The quantitative estimate of drug-likeness (QED) is 0.0195. The van der Waals surface area contributed by atoms with Gasteiger partial charge in [0.25, 0.3) is 0 Å². The van der Waals surface area contributed by atoms with E-state index >= 15 is 0 Å². The summed E-state index contributed by atoms with van der Waals surface area (Å²) in [6.07, 6.45) is 77.9. The molecule has 1 amide bonds. The first-order chi connectivity index (χ1) is 44.2. The minimum absolute atomic E-state index is 0.0172. The lowest BCUT2D eigenvalue weighted by atomic mass is 9.99. The molecule has 1 aliphatic heterocycles. The number of rotatable bonds is 71. The Labute approximate surface area is 556 Å². The average Bonchev–Trinajstić information content (AvgIpc) is 1.01. The number of carbonyl (C=O) groups excluding carboxylic acids is 2. The molecule has 0 saturated carbocycles. The van der Waals surface area contributed by atoms with Gasteiger partial charge in [0.15, 0.2) is 6.29 Å². The van der Waals surface area contributed by atoms with Crippen LogP contribution < -0.4 is 5.32 Å². The highest BCUT2D eigenvalue weighted by atomic mass is 16.7. The fourth-order valence-corrected chi connectivity index (χ4v) is 12.8. The molecule has 0 bridgehead atoms. The molecule has 6 N–H and O–H groups in total. The average molecular weight is 1280 g/mol. The zero-order valence-electron chi connectivity index (χ0n) is 59.4. The van der Waals surface area contributed by atoms with E-state index in [-0.39, 0.29) is 18.5 Å². The van der Waals surface area contributed by atoms with Gasteiger partial charge in [-0.25, -0.2) is 0 Å². The van der Waals surface area contributed by atoms with Crippen LogP contribution in [0.1, 0.15) is 406 Å². The van der Waals surface area contributed by atoms with Crippen molar-refractivity contribution >= 4 is 11.9 Å². The van der Waals surface area contributed by atoms with Gasteiger partial charge in [0.1, 0.15) is 24.4 Å². The molecule has 1 saturated heterocycles. The highest BCUT2D eigenvalue weighted by Gasteiger charge is 2.44. The maximum Gasteiger partial charge on any atom is 0.305 e. The number of unbranched alkanes of at least 4 members (excludes halogenated alkanes) is 55. The van der Waals surface area contributed by atoms with Crippen molar-refractivity contribution < 1.29 is 49.3 Å². The molecule has 90 heavy (non-hydrogen) atoms. The van der Waals surface area contributed by atoms with E-state index in [1.807, 2.05) is 6.08 Å². The minimum atomic E-state index is -1.57. The van der Waals surface area contributed by atoms with Crippen molar-refractivity contribution in [3.8, 4) is 0 Å². The minimum Gasteiger partial charge on any atom is -0.466 e. The van der Waals surface area contributed by atoms with Crippen molar-refractivity contribution in [1.82, 2.24) is 5.32 Å². The first-order valence-electron chi connectivity index (χ1n) is 39.6. The summed E-state index contributed by atoms with van der Waals surface area (Å²) >= 11 is 0. The third kappa shape index (κ3) is 56.5. The fourth-order valence-electron chi connectivity index (χ4n) is 12.8. The van der Waals surface area contributed by atoms with Gasteiger partial charge in [0.05, 0.1) is 32.0 Å². The highest BCUT2D eigenvalue weighted by molar-refractivity contribution is 5.76. The Morgan fingerprint density at radius 3 is 1.07 bits per heavy atom. The second-order valence-corrected chi connectivity index (χ2v) is 27.8. The van der Waals surface area contributed by atoms with E-state index in [9.17, 15) is 35.1 Å². The SMILES string of the molecule is CCCCCCCCCCCC/C=C/C(O)C(COC1OC(CO)C(O)C(O)C1O)NC(=O)CCCCCCCCCCCCCCCCCCC/C=C\CCCCCCCCCCCCCCCCCCCCOC(=O)CCCCCCCCCCCCC. The van der Waals surface area contributed by atoms with Crippen LogP contribution in [0.5, 0.6) is 0 Å². The lowest BCUT2D eigenvalue weighted by Gasteiger charge is -2.40. The molecular formula is C79H151NO10. The Bertz CT molecular complexity index is 1540. The van der Waals surface area contributed by atoms with Crippen LogP contribution in [0, 0.1) is 0 Å². The molecule has 1 fully saturated rings. The predicted molar refractivity (Wildman–Crippen MR) is 380 cm³/mol. The van der Waals surface area contributed by atoms with Gasteiger partial charge in [-0.15, -0.1) is 0 Å². The van der Waals surface area contributed by atoms with Gasteiger partial charge in [0.2, 0.25) is 5.91 Å². The van der Waals surface area contributed by atoms with Crippen LogP contribution >= 0.6 is 0 Å². The van der Waals surface area contributed by atoms with Gasteiger partial charge in [-0.2, -0.15) is 0 Å². The standard InChI is InChI=1S/C79H151NO10/c1-3-5-7-9-11-13-15-46-49-53-57-61-65-72(82)71(70-89-79-78(87)77(86)76(85)73(69-81)90-79)80-74(83)66-62-58-54-50-47-43-41-39-37-35-33-31-29-27-25-23-21-19-17-16-18-20-22-24-26-28-30-32-34-36-38-40-42-44-48-52-56-60-64-68-88-75(84)67-63-59-55-51-45-14-12-10-8-6-4-2/h16-17,61,65,71-73,76-79,81-82,85-87H,3-15,18-60,62-64,66-70H2,1-2H3,(H,80,83)/b17-16-,65-61+. The van der Waals surface area contributed by atoms with Crippen molar-refractivity contribution in [3.05, 3.63) is 24.3 Å². The molecule has 7 atom stereocenters. The fraction of sp³-hybridized carbons (Fsp3) is 0.924. The number of aliphatic hydroxyl groups is 5. The molecule has 0 radical (unpaired) electrons. The largest absolute Gasteiger partial charge is 0.466 e. The number of carbonyl (C=O) groups is 2. The highest BCUT2D eigenvalue weighted by Crippen LogP contribution is 2.24.